The van der Waals surface area contributed by atoms with Crippen LogP contribution in [0.4, 0.5) is 0 Å². The average molecular weight is 394 g/mol. The molecule has 154 valence electrons. The molecule has 4 heteroatoms. The van der Waals surface area contributed by atoms with Crippen LogP contribution in [0.15, 0.2) is 48.5 Å². The fourth-order valence-corrected chi connectivity index (χ4v) is 5.33. The second kappa shape index (κ2) is 7.40. The fourth-order valence-electron chi connectivity index (χ4n) is 5.33. The highest BCUT2D eigenvalue weighted by Gasteiger charge is 2.50. The molecule has 0 aromatic heterocycles. The molecule has 0 radical (unpaired) electrons. The summed E-state index contributed by atoms with van der Waals surface area (Å²) in [5.41, 5.74) is 1.75. The predicted molar refractivity (Wildman–Crippen MR) is 114 cm³/mol. The van der Waals surface area contributed by atoms with Gasteiger partial charge < -0.3 is 14.4 Å². The van der Waals surface area contributed by atoms with E-state index in [0.29, 0.717) is 17.2 Å². The molecule has 0 spiro atoms. The van der Waals surface area contributed by atoms with Gasteiger partial charge in [0.2, 0.25) is 0 Å². The molecule has 4 rings (SSSR count). The molecule has 0 unspecified atom stereocenters. The van der Waals surface area contributed by atoms with E-state index in [-0.39, 0.29) is 17.9 Å². The molecule has 29 heavy (non-hydrogen) atoms. The van der Waals surface area contributed by atoms with Gasteiger partial charge in [-0.2, -0.15) is 0 Å². The topological polar surface area (TPSA) is 38.8 Å². The minimum Gasteiger partial charge on any atom is -0.484 e. The number of hydrogen-bond acceptors (Lipinski definition) is 3. The molecule has 2 fully saturated rings. The lowest BCUT2D eigenvalue weighted by Crippen LogP contribution is -2.40. The van der Waals surface area contributed by atoms with Crippen molar-refractivity contribution in [3.8, 4) is 17.2 Å². The van der Waals surface area contributed by atoms with E-state index >= 15 is 0 Å². The second-order valence-electron chi connectivity index (χ2n) is 9.91. The van der Waals surface area contributed by atoms with Crippen LogP contribution in [0.3, 0.4) is 0 Å². The molecule has 1 saturated carbocycles. The number of carbonyl (C=O) groups is 1. The van der Waals surface area contributed by atoms with Gasteiger partial charge in [-0.1, -0.05) is 38.5 Å². The SMILES string of the molecule is Cc1ccc(Oc2ccc(OCC(=O)N3C[C@@]4(C)C[C@H]3CC(C)(C)C4)cc2)cc1. The van der Waals surface area contributed by atoms with Crippen LogP contribution in [-0.2, 0) is 4.79 Å². The molecule has 1 heterocycles. The lowest BCUT2D eigenvalue weighted by Gasteiger charge is -2.39. The zero-order valence-corrected chi connectivity index (χ0v) is 17.9. The number of fused-ring (bicyclic) bond motifs is 2. The highest BCUT2D eigenvalue weighted by molar-refractivity contribution is 5.78. The van der Waals surface area contributed by atoms with Crippen LogP contribution < -0.4 is 9.47 Å². The van der Waals surface area contributed by atoms with E-state index in [1.807, 2.05) is 55.5 Å². The largest absolute Gasteiger partial charge is 0.484 e. The Labute approximate surface area is 173 Å². The summed E-state index contributed by atoms with van der Waals surface area (Å²) in [6, 6.07) is 15.7. The van der Waals surface area contributed by atoms with E-state index < -0.39 is 0 Å². The summed E-state index contributed by atoms with van der Waals surface area (Å²) in [6.07, 6.45) is 3.39. The minimum atomic E-state index is 0.0885. The van der Waals surface area contributed by atoms with Gasteiger partial charge in [-0.25, -0.2) is 0 Å². The van der Waals surface area contributed by atoms with Gasteiger partial charge in [0, 0.05) is 12.6 Å². The molecule has 2 atom stereocenters. The average Bonchev–Trinajstić information content (AvgIpc) is 2.91. The Hall–Kier alpha value is -2.49. The van der Waals surface area contributed by atoms with Crippen LogP contribution in [0.25, 0.3) is 0 Å². The summed E-state index contributed by atoms with van der Waals surface area (Å²) in [6.45, 7) is 9.96. The van der Waals surface area contributed by atoms with Crippen molar-refractivity contribution in [3.05, 3.63) is 54.1 Å². The second-order valence-corrected chi connectivity index (χ2v) is 9.91. The predicted octanol–water partition coefficient (Wildman–Crippen LogP) is 5.59. The number of likely N-dealkylation sites (tertiary alicyclic amines) is 1. The molecule has 1 aliphatic carbocycles. The normalized spacial score (nSPS) is 25.0. The summed E-state index contributed by atoms with van der Waals surface area (Å²) in [4.78, 5) is 14.9. The first-order valence-corrected chi connectivity index (χ1v) is 10.5. The van der Waals surface area contributed by atoms with Gasteiger partial charge in [-0.15, -0.1) is 0 Å². The Morgan fingerprint density at radius 2 is 1.55 bits per heavy atom. The van der Waals surface area contributed by atoms with E-state index in [9.17, 15) is 4.79 Å². The summed E-state index contributed by atoms with van der Waals surface area (Å²) < 4.78 is 11.6. The highest BCUT2D eigenvalue weighted by Crippen LogP contribution is 2.52. The molecule has 4 nitrogen and oxygen atoms in total. The molecule has 1 amide bonds. The third-order valence-corrected chi connectivity index (χ3v) is 6.18. The number of carbonyl (C=O) groups excluding carboxylic acids is 1. The van der Waals surface area contributed by atoms with Crippen molar-refractivity contribution in [3.63, 3.8) is 0 Å². The van der Waals surface area contributed by atoms with Crippen molar-refractivity contribution in [1.82, 2.24) is 4.90 Å². The zero-order chi connectivity index (χ0) is 20.6. The van der Waals surface area contributed by atoms with Crippen LogP contribution >= 0.6 is 0 Å². The van der Waals surface area contributed by atoms with E-state index in [2.05, 4.69) is 25.7 Å². The van der Waals surface area contributed by atoms with Gasteiger partial charge >= 0.3 is 0 Å². The number of ether oxygens (including phenoxy) is 2. The molecule has 2 bridgehead atoms. The molecule has 0 N–H and O–H groups in total. The zero-order valence-electron chi connectivity index (χ0n) is 17.9. The molecule has 2 aromatic carbocycles. The monoisotopic (exact) mass is 393 g/mol. The van der Waals surface area contributed by atoms with Crippen LogP contribution in [0, 0.1) is 17.8 Å². The summed E-state index contributed by atoms with van der Waals surface area (Å²) >= 11 is 0. The van der Waals surface area contributed by atoms with Crippen molar-refractivity contribution >= 4 is 5.91 Å². The molecule has 1 aliphatic heterocycles. The summed E-state index contributed by atoms with van der Waals surface area (Å²) in [7, 11) is 0. The van der Waals surface area contributed by atoms with Crippen LogP contribution in [-0.4, -0.2) is 30.0 Å². The van der Waals surface area contributed by atoms with E-state index in [4.69, 9.17) is 9.47 Å². The van der Waals surface area contributed by atoms with Gasteiger partial charge in [0.1, 0.15) is 17.2 Å². The van der Waals surface area contributed by atoms with Crippen LogP contribution in [0.2, 0.25) is 0 Å². The van der Waals surface area contributed by atoms with Gasteiger partial charge in [0.05, 0.1) is 0 Å². The van der Waals surface area contributed by atoms with Crippen molar-refractivity contribution in [2.75, 3.05) is 13.2 Å². The smallest absolute Gasteiger partial charge is 0.260 e. The number of hydrogen-bond donors (Lipinski definition) is 0. The first-order chi connectivity index (χ1) is 13.7. The maximum absolute atomic E-state index is 12.8. The van der Waals surface area contributed by atoms with Gasteiger partial charge in [0.15, 0.2) is 6.61 Å². The van der Waals surface area contributed by atoms with E-state index in [1.54, 1.807) is 0 Å². The first-order valence-electron chi connectivity index (χ1n) is 10.5. The number of nitrogens with zero attached hydrogens (tertiary/aromatic N) is 1. The standard InChI is InChI=1S/C25H31NO3/c1-18-5-7-21(8-6-18)29-22-11-9-20(10-12-22)28-15-23(27)26-17-25(4)14-19(26)13-24(2,3)16-25/h5-12,19H,13-17H2,1-4H3/t19-,25+/m1/s1. The molecular weight excluding hydrogens is 362 g/mol. The summed E-state index contributed by atoms with van der Waals surface area (Å²) in [5, 5.41) is 0. The van der Waals surface area contributed by atoms with Crippen LogP contribution in [0.5, 0.6) is 17.2 Å². The lowest BCUT2D eigenvalue weighted by atomic mass is 9.65. The van der Waals surface area contributed by atoms with Gasteiger partial charge in [-0.3, -0.25) is 4.79 Å². The van der Waals surface area contributed by atoms with Crippen molar-refractivity contribution in [2.45, 2.75) is 53.0 Å². The van der Waals surface area contributed by atoms with Gasteiger partial charge in [0.25, 0.3) is 5.91 Å². The van der Waals surface area contributed by atoms with E-state index in [1.165, 1.54) is 12.0 Å². The Bertz CT molecular complexity index is 872. The number of rotatable bonds is 5. The molecular formula is C25H31NO3. The summed E-state index contributed by atoms with van der Waals surface area (Å²) in [5.74, 6) is 2.33. The van der Waals surface area contributed by atoms with Crippen LogP contribution in [0.1, 0.15) is 45.6 Å². The van der Waals surface area contributed by atoms with Gasteiger partial charge in [-0.05, 0) is 73.4 Å². The Morgan fingerprint density at radius 1 is 0.966 bits per heavy atom. The lowest BCUT2D eigenvalue weighted by molar-refractivity contribution is -0.134. The molecule has 2 aromatic rings. The fraction of sp³-hybridized carbons (Fsp3) is 0.480. The third-order valence-electron chi connectivity index (χ3n) is 6.18. The number of benzene rings is 2. The van der Waals surface area contributed by atoms with Crippen molar-refractivity contribution in [1.29, 1.82) is 0 Å². The van der Waals surface area contributed by atoms with Crippen molar-refractivity contribution in [2.24, 2.45) is 10.8 Å². The Balaban J connectivity index is 1.32. The number of aryl methyl sites for hydroxylation is 1. The highest BCUT2D eigenvalue weighted by atomic mass is 16.5. The van der Waals surface area contributed by atoms with E-state index in [0.717, 1.165) is 30.9 Å². The maximum atomic E-state index is 12.8. The number of amides is 1. The minimum absolute atomic E-state index is 0.0885. The van der Waals surface area contributed by atoms with Crippen molar-refractivity contribution < 1.29 is 14.3 Å². The Kier molecular flexibility index (Phi) is 5.05. The third kappa shape index (κ3) is 4.58. The molecule has 2 aliphatic rings. The quantitative estimate of drug-likeness (QED) is 0.664. The first kappa shape index (κ1) is 19.8. The Morgan fingerprint density at radius 3 is 2.21 bits per heavy atom. The molecule has 1 saturated heterocycles. The maximum Gasteiger partial charge on any atom is 0.260 e.